The van der Waals surface area contributed by atoms with Gasteiger partial charge in [-0.25, -0.2) is 13.6 Å². The summed E-state index contributed by atoms with van der Waals surface area (Å²) < 4.78 is 39.5. The van der Waals surface area contributed by atoms with Crippen LogP contribution in [0.2, 0.25) is 5.15 Å². The maximum Gasteiger partial charge on any atom is 0.327 e. The Labute approximate surface area is 158 Å². The van der Waals surface area contributed by atoms with E-state index >= 15 is 0 Å². The molecular weight excluding hydrogens is 378 g/mol. The molecule has 2 heterocycles. The lowest BCUT2D eigenvalue weighted by Crippen LogP contribution is -2.43. The third-order valence-corrected chi connectivity index (χ3v) is 4.73. The molecule has 8 heteroatoms. The summed E-state index contributed by atoms with van der Waals surface area (Å²) in [7, 11) is 0. The summed E-state index contributed by atoms with van der Waals surface area (Å²) in [6, 6.07) is 11.8. The van der Waals surface area contributed by atoms with Crippen LogP contribution in [0.5, 0.6) is 0 Å². The number of carbonyl (C=O) groups is 1. The van der Waals surface area contributed by atoms with Gasteiger partial charge in [0.2, 0.25) is 5.79 Å². The zero-order valence-corrected chi connectivity index (χ0v) is 14.8. The minimum Gasteiger partial charge on any atom is -0.342 e. The van der Waals surface area contributed by atoms with Crippen molar-refractivity contribution in [1.29, 1.82) is 0 Å². The first kappa shape index (κ1) is 17.9. The zero-order valence-electron chi connectivity index (χ0n) is 14.0. The number of rotatable bonds is 3. The number of hydrogen-bond acceptors (Lipinski definition) is 3. The normalized spacial score (nSPS) is 16.0. The fraction of sp³-hybridized carbons (Fsp3) is 0.211. The van der Waals surface area contributed by atoms with Crippen molar-refractivity contribution in [2.75, 3.05) is 19.8 Å². The summed E-state index contributed by atoms with van der Waals surface area (Å²) >= 11 is 6.20. The predicted molar refractivity (Wildman–Crippen MR) is 95.7 cm³/mol. The van der Waals surface area contributed by atoms with E-state index in [2.05, 4.69) is 5.32 Å². The number of fused-ring (bicyclic) bond motifs is 1. The quantitative estimate of drug-likeness (QED) is 0.732. The maximum atomic E-state index is 13.7. The largest absolute Gasteiger partial charge is 0.342 e. The molecule has 0 atom stereocenters. The van der Waals surface area contributed by atoms with E-state index in [-0.39, 0.29) is 30.5 Å². The fourth-order valence-electron chi connectivity index (χ4n) is 3.16. The van der Waals surface area contributed by atoms with Gasteiger partial charge in [0.1, 0.15) is 5.15 Å². The number of hydrogen-bond donors (Lipinski definition) is 1. The van der Waals surface area contributed by atoms with Crippen LogP contribution < -0.4 is 5.32 Å². The number of amides is 1. The smallest absolute Gasteiger partial charge is 0.327 e. The van der Waals surface area contributed by atoms with Crippen molar-refractivity contribution in [1.82, 2.24) is 9.88 Å². The molecular formula is C19H15ClF2N2O3. The minimum atomic E-state index is -1.39. The summed E-state index contributed by atoms with van der Waals surface area (Å²) in [5, 5.41) is 3.78. The first-order valence-corrected chi connectivity index (χ1v) is 8.66. The Morgan fingerprint density at radius 1 is 1.11 bits per heavy atom. The second-order valence-corrected chi connectivity index (χ2v) is 6.49. The summed E-state index contributed by atoms with van der Waals surface area (Å²) in [6.07, 6.45) is 0. The molecule has 5 nitrogen and oxygen atoms in total. The maximum absolute atomic E-state index is 13.7. The lowest BCUT2D eigenvalue weighted by atomic mass is 10.1. The van der Waals surface area contributed by atoms with Crippen molar-refractivity contribution >= 4 is 28.5 Å². The molecule has 3 aromatic rings. The molecule has 0 unspecified atom stereocenters. The van der Waals surface area contributed by atoms with Gasteiger partial charge < -0.3 is 14.8 Å². The molecule has 1 N–H and O–H groups in total. The second-order valence-electron chi connectivity index (χ2n) is 6.10. The van der Waals surface area contributed by atoms with Gasteiger partial charge in [-0.15, -0.1) is 0 Å². The van der Waals surface area contributed by atoms with Crippen LogP contribution in [0.15, 0.2) is 48.5 Å². The van der Waals surface area contributed by atoms with Crippen molar-refractivity contribution in [3.8, 4) is 0 Å². The molecule has 1 aromatic heterocycles. The predicted octanol–water partition coefficient (Wildman–Crippen LogP) is 4.03. The van der Waals surface area contributed by atoms with Crippen molar-refractivity contribution in [2.45, 2.75) is 5.79 Å². The van der Waals surface area contributed by atoms with Gasteiger partial charge in [0.05, 0.1) is 25.3 Å². The first-order valence-electron chi connectivity index (χ1n) is 8.28. The van der Waals surface area contributed by atoms with Gasteiger partial charge in [-0.2, -0.15) is 0 Å². The van der Waals surface area contributed by atoms with Crippen LogP contribution in [0, 0.1) is 11.6 Å². The molecule has 4 rings (SSSR count). The third kappa shape index (κ3) is 3.18. The molecule has 0 saturated carbocycles. The number of nitrogens with one attached hydrogen (secondary N) is 1. The van der Waals surface area contributed by atoms with Gasteiger partial charge in [0, 0.05) is 10.9 Å². The zero-order chi connectivity index (χ0) is 19.0. The Bertz CT molecular complexity index is 1020. The highest BCUT2D eigenvalue weighted by Gasteiger charge is 2.40. The molecule has 27 heavy (non-hydrogen) atoms. The fourth-order valence-corrected chi connectivity index (χ4v) is 3.44. The standard InChI is InChI=1S/C19H15ClF2N2O3/c20-17-9-12-3-1-2-4-16(12)24(17)18(25)23-11-19(26-7-8-27-19)13-5-6-14(21)15(22)10-13/h1-6,9-10H,7-8,11H2,(H,23,25). The number of carbonyl (C=O) groups excluding carboxylic acids is 1. The molecule has 0 aliphatic carbocycles. The molecule has 0 spiro atoms. The topological polar surface area (TPSA) is 52.5 Å². The van der Waals surface area contributed by atoms with E-state index in [1.165, 1.54) is 10.6 Å². The van der Waals surface area contributed by atoms with Crippen molar-refractivity contribution in [3.05, 3.63) is 70.9 Å². The van der Waals surface area contributed by atoms with E-state index in [4.69, 9.17) is 21.1 Å². The Kier molecular flexibility index (Phi) is 4.59. The SMILES string of the molecule is O=C(NCC1(c2ccc(F)c(F)c2)OCCO1)n1c(Cl)cc2ccccc21. The molecule has 0 radical (unpaired) electrons. The van der Waals surface area contributed by atoms with Crippen molar-refractivity contribution in [3.63, 3.8) is 0 Å². The van der Waals surface area contributed by atoms with Gasteiger partial charge in [-0.3, -0.25) is 4.57 Å². The van der Waals surface area contributed by atoms with Crippen LogP contribution in [0.4, 0.5) is 13.6 Å². The number of ether oxygens (including phenoxy) is 2. The monoisotopic (exact) mass is 392 g/mol. The van der Waals surface area contributed by atoms with Crippen LogP contribution >= 0.6 is 11.6 Å². The Morgan fingerprint density at radius 2 is 1.85 bits per heavy atom. The Hall–Kier alpha value is -2.48. The molecule has 140 valence electrons. The highest BCUT2D eigenvalue weighted by Crippen LogP contribution is 2.32. The molecule has 1 aliphatic rings. The average molecular weight is 393 g/mol. The van der Waals surface area contributed by atoms with Crippen LogP contribution in [-0.4, -0.2) is 30.4 Å². The van der Waals surface area contributed by atoms with E-state index < -0.39 is 23.5 Å². The minimum absolute atomic E-state index is 0.0975. The van der Waals surface area contributed by atoms with Crippen molar-refractivity contribution < 1.29 is 23.0 Å². The average Bonchev–Trinajstić information content (AvgIpc) is 3.26. The lowest BCUT2D eigenvalue weighted by Gasteiger charge is -2.28. The van der Waals surface area contributed by atoms with Crippen molar-refractivity contribution in [2.24, 2.45) is 0 Å². The molecule has 1 fully saturated rings. The molecule has 1 amide bonds. The lowest BCUT2D eigenvalue weighted by molar-refractivity contribution is -0.160. The van der Waals surface area contributed by atoms with Gasteiger partial charge in [-0.05, 0) is 24.3 Å². The Balaban J connectivity index is 1.60. The number of halogens is 3. The van der Waals surface area contributed by atoms with Crippen LogP contribution in [0.3, 0.4) is 0 Å². The van der Waals surface area contributed by atoms with E-state index in [1.807, 2.05) is 12.1 Å². The molecule has 1 saturated heterocycles. The first-order chi connectivity index (χ1) is 13.0. The van der Waals surface area contributed by atoms with E-state index in [0.717, 1.165) is 17.5 Å². The molecule has 2 aromatic carbocycles. The summed E-state index contributed by atoms with van der Waals surface area (Å²) in [5.74, 6) is -3.38. The summed E-state index contributed by atoms with van der Waals surface area (Å²) in [4.78, 5) is 12.7. The van der Waals surface area contributed by atoms with E-state index in [9.17, 15) is 13.6 Å². The highest BCUT2D eigenvalue weighted by atomic mass is 35.5. The van der Waals surface area contributed by atoms with Gasteiger partial charge in [0.15, 0.2) is 11.6 Å². The van der Waals surface area contributed by atoms with E-state index in [0.29, 0.717) is 5.52 Å². The van der Waals surface area contributed by atoms with Gasteiger partial charge in [-0.1, -0.05) is 35.9 Å². The Morgan fingerprint density at radius 3 is 2.59 bits per heavy atom. The van der Waals surface area contributed by atoms with Crippen LogP contribution in [0.25, 0.3) is 10.9 Å². The van der Waals surface area contributed by atoms with E-state index in [1.54, 1.807) is 18.2 Å². The second kappa shape index (κ2) is 6.92. The number of aromatic nitrogens is 1. The molecule has 0 bridgehead atoms. The number of benzene rings is 2. The third-order valence-electron chi connectivity index (χ3n) is 4.45. The number of nitrogens with zero attached hydrogens (tertiary/aromatic N) is 1. The summed E-state index contributed by atoms with van der Waals surface area (Å²) in [6.45, 7) is 0.434. The van der Waals surface area contributed by atoms with Crippen LogP contribution in [-0.2, 0) is 15.3 Å². The number of para-hydroxylation sites is 1. The van der Waals surface area contributed by atoms with Crippen LogP contribution in [0.1, 0.15) is 5.56 Å². The summed E-state index contributed by atoms with van der Waals surface area (Å²) in [5.41, 5.74) is 0.929. The van der Waals surface area contributed by atoms with Gasteiger partial charge >= 0.3 is 6.03 Å². The molecule has 1 aliphatic heterocycles. The van der Waals surface area contributed by atoms with Gasteiger partial charge in [0.25, 0.3) is 0 Å². The highest BCUT2D eigenvalue weighted by molar-refractivity contribution is 6.32.